The monoisotopic (exact) mass is 273 g/mol. The zero-order valence-electron chi connectivity index (χ0n) is 10.4. The summed E-state index contributed by atoms with van der Waals surface area (Å²) in [6.45, 7) is 0. The molecule has 1 aromatic carbocycles. The molecule has 4 heteroatoms. The Morgan fingerprint density at radius 3 is 2.50 bits per heavy atom. The van der Waals surface area contributed by atoms with Gasteiger partial charge in [0.25, 0.3) is 0 Å². The maximum Gasteiger partial charge on any atom is 0.123 e. The van der Waals surface area contributed by atoms with Crippen LogP contribution in [0, 0.1) is 11.7 Å². The van der Waals surface area contributed by atoms with Gasteiger partial charge in [-0.2, -0.15) is 0 Å². The average Bonchev–Trinajstić information content (AvgIpc) is 2.38. The lowest BCUT2D eigenvalue weighted by molar-refractivity contribution is 0.0617. The van der Waals surface area contributed by atoms with Gasteiger partial charge in [-0.3, -0.25) is 0 Å². The first-order valence-electron chi connectivity index (χ1n) is 6.37. The van der Waals surface area contributed by atoms with Crippen molar-refractivity contribution in [1.82, 2.24) is 0 Å². The highest BCUT2D eigenvalue weighted by molar-refractivity contribution is 5.85. The van der Waals surface area contributed by atoms with Crippen molar-refractivity contribution in [1.29, 1.82) is 0 Å². The lowest BCUT2D eigenvalue weighted by Crippen LogP contribution is -2.34. The van der Waals surface area contributed by atoms with Crippen molar-refractivity contribution in [2.75, 3.05) is 0 Å². The summed E-state index contributed by atoms with van der Waals surface area (Å²) in [5.41, 5.74) is 6.70. The van der Waals surface area contributed by atoms with Crippen LogP contribution in [0.2, 0.25) is 0 Å². The van der Waals surface area contributed by atoms with Crippen LogP contribution in [0.15, 0.2) is 24.3 Å². The second-order valence-corrected chi connectivity index (χ2v) is 4.97. The van der Waals surface area contributed by atoms with Crippen molar-refractivity contribution in [2.24, 2.45) is 11.7 Å². The summed E-state index contributed by atoms with van der Waals surface area (Å²) < 4.78 is 13.1. The quantitative estimate of drug-likeness (QED) is 0.888. The van der Waals surface area contributed by atoms with Gasteiger partial charge in [-0.05, 0) is 36.5 Å². The predicted molar refractivity (Wildman–Crippen MR) is 73.2 cm³/mol. The van der Waals surface area contributed by atoms with Gasteiger partial charge in [0.1, 0.15) is 5.82 Å². The molecule has 0 heterocycles. The highest BCUT2D eigenvalue weighted by Crippen LogP contribution is 2.31. The van der Waals surface area contributed by atoms with E-state index in [2.05, 4.69) is 0 Å². The minimum absolute atomic E-state index is 0. The van der Waals surface area contributed by atoms with E-state index in [4.69, 9.17) is 5.73 Å². The molecule has 1 saturated carbocycles. The normalized spacial score (nSPS) is 19.9. The van der Waals surface area contributed by atoms with Crippen molar-refractivity contribution >= 4 is 12.4 Å². The molecule has 1 fully saturated rings. The number of hydrogen-bond acceptors (Lipinski definition) is 2. The molecule has 0 amide bonds. The molecule has 18 heavy (non-hydrogen) atoms. The Morgan fingerprint density at radius 2 is 1.89 bits per heavy atom. The summed E-state index contributed by atoms with van der Waals surface area (Å²) in [6.07, 6.45) is 5.08. The fraction of sp³-hybridized carbons (Fsp3) is 0.571. The average molecular weight is 274 g/mol. The first-order chi connectivity index (χ1) is 8.18. The van der Waals surface area contributed by atoms with Crippen LogP contribution in [0.25, 0.3) is 0 Å². The van der Waals surface area contributed by atoms with Crippen molar-refractivity contribution in [2.45, 2.75) is 44.2 Å². The van der Waals surface area contributed by atoms with E-state index in [1.807, 2.05) is 0 Å². The molecule has 0 radical (unpaired) electrons. The number of halogens is 2. The summed E-state index contributed by atoms with van der Waals surface area (Å²) in [7, 11) is 0. The number of rotatable bonds is 3. The first-order valence-corrected chi connectivity index (χ1v) is 6.37. The number of hydrogen-bond donors (Lipinski definition) is 2. The van der Waals surface area contributed by atoms with Crippen molar-refractivity contribution in [3.63, 3.8) is 0 Å². The van der Waals surface area contributed by atoms with Gasteiger partial charge in [-0.1, -0.05) is 31.4 Å². The number of aliphatic hydroxyl groups excluding tert-OH is 1. The smallest absolute Gasteiger partial charge is 0.123 e. The molecular formula is C14H21ClFNO. The van der Waals surface area contributed by atoms with Crippen molar-refractivity contribution in [3.8, 4) is 0 Å². The molecule has 0 aliphatic heterocycles. The van der Waals surface area contributed by atoms with Crippen LogP contribution >= 0.6 is 12.4 Å². The molecule has 0 unspecified atom stereocenters. The predicted octanol–water partition coefficient (Wildman–Crippen LogP) is 3.19. The minimum atomic E-state index is -0.558. The van der Waals surface area contributed by atoms with Gasteiger partial charge in [0, 0.05) is 0 Å². The molecule has 1 aliphatic carbocycles. The Bertz CT molecular complexity index is 369. The van der Waals surface area contributed by atoms with Gasteiger partial charge >= 0.3 is 0 Å². The van der Waals surface area contributed by atoms with Crippen LogP contribution in [0.3, 0.4) is 0 Å². The van der Waals surface area contributed by atoms with E-state index >= 15 is 0 Å². The molecule has 0 spiro atoms. The molecule has 3 N–H and O–H groups in total. The lowest BCUT2D eigenvalue weighted by atomic mass is 9.81. The Kier molecular flexibility index (Phi) is 6.06. The van der Waals surface area contributed by atoms with Crippen molar-refractivity contribution in [3.05, 3.63) is 35.6 Å². The number of benzene rings is 1. The molecule has 102 valence electrons. The third-order valence-corrected chi connectivity index (χ3v) is 3.73. The van der Waals surface area contributed by atoms with Gasteiger partial charge in [-0.15, -0.1) is 12.4 Å². The molecule has 0 aromatic heterocycles. The van der Waals surface area contributed by atoms with E-state index < -0.39 is 12.1 Å². The largest absolute Gasteiger partial charge is 0.391 e. The topological polar surface area (TPSA) is 46.2 Å². The number of nitrogens with two attached hydrogens (primary N) is 1. The van der Waals surface area contributed by atoms with E-state index in [9.17, 15) is 9.50 Å². The maximum atomic E-state index is 13.1. The summed E-state index contributed by atoms with van der Waals surface area (Å²) in [5, 5.41) is 10.2. The minimum Gasteiger partial charge on any atom is -0.391 e. The van der Waals surface area contributed by atoms with Crippen LogP contribution in [-0.2, 0) is 0 Å². The highest BCUT2D eigenvalue weighted by Gasteiger charge is 2.27. The summed E-state index contributed by atoms with van der Waals surface area (Å²) in [5.74, 6) is -0.0317. The molecule has 1 aromatic rings. The molecule has 2 nitrogen and oxygen atoms in total. The van der Waals surface area contributed by atoms with Crippen LogP contribution in [-0.4, -0.2) is 11.2 Å². The number of aliphatic hydroxyl groups is 1. The zero-order chi connectivity index (χ0) is 12.3. The lowest BCUT2D eigenvalue weighted by Gasteiger charge is -2.30. The van der Waals surface area contributed by atoms with Crippen molar-refractivity contribution < 1.29 is 9.50 Å². The summed E-state index contributed by atoms with van der Waals surface area (Å²) in [6, 6.07) is 5.74. The Balaban J connectivity index is 0.00000162. The van der Waals surface area contributed by atoms with E-state index in [1.54, 1.807) is 12.1 Å². The summed E-state index contributed by atoms with van der Waals surface area (Å²) >= 11 is 0. The SMILES string of the molecule is Cl.N[C@H](c1cccc(F)c1)[C@@H](O)C1CCCCC1. The second kappa shape index (κ2) is 7.07. The first kappa shape index (κ1) is 15.4. The van der Waals surface area contributed by atoms with Crippen LogP contribution in [0.4, 0.5) is 4.39 Å². The molecule has 2 atom stereocenters. The third-order valence-electron chi connectivity index (χ3n) is 3.73. The fourth-order valence-corrected chi connectivity index (χ4v) is 2.68. The van der Waals surface area contributed by atoms with Gasteiger partial charge in [-0.25, -0.2) is 4.39 Å². The zero-order valence-corrected chi connectivity index (χ0v) is 11.2. The van der Waals surface area contributed by atoms with Gasteiger partial charge in [0.15, 0.2) is 0 Å². The molecular weight excluding hydrogens is 253 g/mol. The molecule has 1 aliphatic rings. The van der Waals surface area contributed by atoms with E-state index in [-0.39, 0.29) is 24.1 Å². The van der Waals surface area contributed by atoms with Gasteiger partial charge in [0.05, 0.1) is 12.1 Å². The van der Waals surface area contributed by atoms with Gasteiger partial charge < -0.3 is 10.8 Å². The van der Waals surface area contributed by atoms with Crippen LogP contribution in [0.1, 0.15) is 43.7 Å². The maximum absolute atomic E-state index is 13.1. The second-order valence-electron chi connectivity index (χ2n) is 4.97. The van der Waals surface area contributed by atoms with Gasteiger partial charge in [0.2, 0.25) is 0 Å². The standard InChI is InChI=1S/C14H20FNO.ClH/c15-12-8-4-7-11(9-12)13(16)14(17)10-5-2-1-3-6-10;/h4,7-10,13-14,17H,1-3,5-6,16H2;1H/t13-,14+;/m1./s1. The van der Waals surface area contributed by atoms with Crippen LogP contribution in [0.5, 0.6) is 0 Å². The summed E-state index contributed by atoms with van der Waals surface area (Å²) in [4.78, 5) is 0. The van der Waals surface area contributed by atoms with E-state index in [1.165, 1.54) is 18.6 Å². The Labute approximate surface area is 114 Å². The Morgan fingerprint density at radius 1 is 1.22 bits per heavy atom. The Hall–Kier alpha value is -0.640. The molecule has 0 saturated heterocycles. The molecule has 2 rings (SSSR count). The fourth-order valence-electron chi connectivity index (χ4n) is 2.68. The highest BCUT2D eigenvalue weighted by atomic mass is 35.5. The molecule has 0 bridgehead atoms. The third kappa shape index (κ3) is 3.67. The van der Waals surface area contributed by atoms with E-state index in [0.29, 0.717) is 5.56 Å². The van der Waals surface area contributed by atoms with E-state index in [0.717, 1.165) is 25.7 Å². The van der Waals surface area contributed by atoms with Crippen LogP contribution < -0.4 is 5.73 Å².